The number of hydrogen-bond acceptors (Lipinski definition) is 4. The Bertz CT molecular complexity index is 834. The van der Waals surface area contributed by atoms with Gasteiger partial charge in [-0.05, 0) is 23.7 Å². The Hall–Kier alpha value is -2.60. The van der Waals surface area contributed by atoms with Gasteiger partial charge in [-0.3, -0.25) is 14.9 Å². The highest BCUT2D eigenvalue weighted by Gasteiger charge is 2.21. The molecule has 0 atom stereocenters. The maximum Gasteiger partial charge on any atom is 0.293 e. The number of benzene rings is 1. The van der Waals surface area contributed by atoms with E-state index in [4.69, 9.17) is 16.0 Å². The van der Waals surface area contributed by atoms with Gasteiger partial charge in [0.2, 0.25) is 5.78 Å². The van der Waals surface area contributed by atoms with Crippen LogP contribution in [0.25, 0.3) is 10.9 Å². The molecule has 1 aromatic carbocycles. The van der Waals surface area contributed by atoms with E-state index in [0.717, 1.165) is 0 Å². The molecule has 7 heteroatoms. The lowest BCUT2D eigenvalue weighted by Crippen LogP contribution is -1.98. The highest BCUT2D eigenvalue weighted by molar-refractivity contribution is 6.29. The van der Waals surface area contributed by atoms with Crippen LogP contribution in [0.1, 0.15) is 16.1 Å². The number of nitro groups is 1. The molecule has 2 aromatic heterocycles. The van der Waals surface area contributed by atoms with Crippen LogP contribution in [-0.2, 0) is 0 Å². The first-order valence-corrected chi connectivity index (χ1v) is 6.00. The molecule has 0 unspecified atom stereocenters. The third-order valence-corrected chi connectivity index (χ3v) is 3.13. The van der Waals surface area contributed by atoms with Crippen molar-refractivity contribution in [3.05, 3.63) is 63.2 Å². The highest BCUT2D eigenvalue weighted by atomic mass is 35.5. The summed E-state index contributed by atoms with van der Waals surface area (Å²) in [6.45, 7) is 0. The standard InChI is InChI=1S/C13H7ClN2O4/c14-11-5-4-10(20-11)13(17)8-6-15-12-7(8)2-1-3-9(12)16(18)19/h1-6,15H. The van der Waals surface area contributed by atoms with Crippen LogP contribution in [0.3, 0.4) is 0 Å². The summed E-state index contributed by atoms with van der Waals surface area (Å²) in [5, 5.41) is 11.5. The van der Waals surface area contributed by atoms with Gasteiger partial charge in [0.25, 0.3) is 5.69 Å². The summed E-state index contributed by atoms with van der Waals surface area (Å²) >= 11 is 5.63. The van der Waals surface area contributed by atoms with E-state index >= 15 is 0 Å². The van der Waals surface area contributed by atoms with Gasteiger partial charge in [0.05, 0.1) is 10.5 Å². The second kappa shape index (κ2) is 4.50. The number of para-hydroxylation sites is 1. The van der Waals surface area contributed by atoms with Crippen LogP contribution in [0, 0.1) is 10.1 Å². The normalized spacial score (nSPS) is 10.8. The van der Waals surface area contributed by atoms with Gasteiger partial charge in [0, 0.05) is 17.6 Å². The quantitative estimate of drug-likeness (QED) is 0.454. The van der Waals surface area contributed by atoms with Gasteiger partial charge >= 0.3 is 0 Å². The summed E-state index contributed by atoms with van der Waals surface area (Å²) in [7, 11) is 0. The van der Waals surface area contributed by atoms with E-state index in [-0.39, 0.29) is 22.5 Å². The minimum absolute atomic E-state index is 0.0842. The Morgan fingerprint density at radius 3 is 2.75 bits per heavy atom. The number of carbonyl (C=O) groups is 1. The maximum atomic E-state index is 12.3. The third kappa shape index (κ3) is 1.86. The van der Waals surface area contributed by atoms with Gasteiger partial charge in [-0.15, -0.1) is 0 Å². The van der Waals surface area contributed by atoms with Crippen molar-refractivity contribution in [1.82, 2.24) is 4.98 Å². The predicted octanol–water partition coefficient (Wildman–Crippen LogP) is 3.55. The number of furan rings is 1. The number of aromatic nitrogens is 1. The molecular formula is C13H7ClN2O4. The largest absolute Gasteiger partial charge is 0.441 e. The molecule has 2 heterocycles. The summed E-state index contributed by atoms with van der Waals surface area (Å²) in [5.74, 6) is -0.300. The predicted molar refractivity (Wildman–Crippen MR) is 72.1 cm³/mol. The number of H-pyrrole nitrogens is 1. The molecule has 100 valence electrons. The van der Waals surface area contributed by atoms with Crippen LogP contribution >= 0.6 is 11.6 Å². The number of nitro benzene ring substituents is 1. The first kappa shape index (κ1) is 12.4. The van der Waals surface area contributed by atoms with Crippen molar-refractivity contribution in [3.63, 3.8) is 0 Å². The SMILES string of the molecule is O=C(c1ccc(Cl)o1)c1c[nH]c2c([N+](=O)[O-])cccc12. The molecule has 20 heavy (non-hydrogen) atoms. The zero-order chi connectivity index (χ0) is 14.3. The van der Waals surface area contributed by atoms with Crippen LogP contribution in [0.4, 0.5) is 5.69 Å². The average Bonchev–Trinajstić information content (AvgIpc) is 3.03. The second-order valence-corrected chi connectivity index (χ2v) is 4.46. The minimum Gasteiger partial charge on any atom is -0.441 e. The number of nitrogens with one attached hydrogen (secondary N) is 1. The molecule has 0 amide bonds. The van der Waals surface area contributed by atoms with Crippen molar-refractivity contribution in [1.29, 1.82) is 0 Å². The van der Waals surface area contributed by atoms with E-state index in [1.54, 1.807) is 6.07 Å². The molecule has 6 nitrogen and oxygen atoms in total. The lowest BCUT2D eigenvalue weighted by molar-refractivity contribution is -0.383. The fourth-order valence-corrected chi connectivity index (χ4v) is 2.19. The van der Waals surface area contributed by atoms with Crippen molar-refractivity contribution < 1.29 is 14.1 Å². The van der Waals surface area contributed by atoms with Gasteiger partial charge in [0.1, 0.15) is 5.52 Å². The fourth-order valence-electron chi connectivity index (χ4n) is 2.05. The number of carbonyl (C=O) groups excluding carboxylic acids is 1. The maximum absolute atomic E-state index is 12.3. The summed E-state index contributed by atoms with van der Waals surface area (Å²) in [5.41, 5.74) is 0.521. The molecule has 0 spiro atoms. The van der Waals surface area contributed by atoms with Gasteiger partial charge in [-0.1, -0.05) is 12.1 Å². The molecule has 0 fully saturated rings. The Morgan fingerprint density at radius 2 is 2.10 bits per heavy atom. The van der Waals surface area contributed by atoms with Crippen molar-refractivity contribution in [2.45, 2.75) is 0 Å². The Balaban J connectivity index is 2.16. The molecule has 1 N–H and O–H groups in total. The monoisotopic (exact) mass is 290 g/mol. The van der Waals surface area contributed by atoms with Crippen LogP contribution in [0.15, 0.2) is 40.9 Å². The minimum atomic E-state index is -0.503. The number of fused-ring (bicyclic) bond motifs is 1. The van der Waals surface area contributed by atoms with E-state index in [0.29, 0.717) is 16.5 Å². The van der Waals surface area contributed by atoms with Crippen LogP contribution in [0.5, 0.6) is 0 Å². The van der Waals surface area contributed by atoms with Crippen molar-refractivity contribution >= 4 is 34.0 Å². The van der Waals surface area contributed by atoms with E-state index < -0.39 is 4.92 Å². The zero-order valence-electron chi connectivity index (χ0n) is 9.92. The molecule has 3 aromatic rings. The Morgan fingerprint density at radius 1 is 1.30 bits per heavy atom. The molecule has 3 rings (SSSR count). The number of ketones is 1. The molecule has 0 saturated heterocycles. The zero-order valence-corrected chi connectivity index (χ0v) is 10.7. The van der Waals surface area contributed by atoms with Gasteiger partial charge in [0.15, 0.2) is 11.0 Å². The van der Waals surface area contributed by atoms with E-state index in [9.17, 15) is 14.9 Å². The lowest BCUT2D eigenvalue weighted by Gasteiger charge is -1.96. The molecule has 0 aliphatic carbocycles. The number of hydrogen-bond donors (Lipinski definition) is 1. The molecular weight excluding hydrogens is 284 g/mol. The molecule has 0 aliphatic heterocycles. The number of non-ortho nitro benzene ring substituents is 1. The van der Waals surface area contributed by atoms with Gasteiger partial charge < -0.3 is 9.40 Å². The van der Waals surface area contributed by atoms with E-state index in [2.05, 4.69) is 4.98 Å². The summed E-state index contributed by atoms with van der Waals surface area (Å²) in [6.07, 6.45) is 1.43. The van der Waals surface area contributed by atoms with E-state index in [1.165, 1.54) is 30.5 Å². The van der Waals surface area contributed by atoms with Crippen LogP contribution < -0.4 is 0 Å². The molecule has 0 bridgehead atoms. The number of nitrogens with zero attached hydrogens (tertiary/aromatic N) is 1. The summed E-state index contributed by atoms with van der Waals surface area (Å²) in [4.78, 5) is 25.5. The topological polar surface area (TPSA) is 89.1 Å². The van der Waals surface area contributed by atoms with Crippen LogP contribution in [-0.4, -0.2) is 15.7 Å². The van der Waals surface area contributed by atoms with E-state index in [1.807, 2.05) is 0 Å². The van der Waals surface area contributed by atoms with Crippen LogP contribution in [0.2, 0.25) is 5.22 Å². The first-order valence-electron chi connectivity index (χ1n) is 5.62. The van der Waals surface area contributed by atoms with Crippen molar-refractivity contribution in [3.8, 4) is 0 Å². The summed E-state index contributed by atoms with van der Waals surface area (Å²) in [6, 6.07) is 7.46. The molecule has 0 saturated carbocycles. The molecule has 0 radical (unpaired) electrons. The van der Waals surface area contributed by atoms with Crippen molar-refractivity contribution in [2.24, 2.45) is 0 Å². The number of halogens is 1. The highest BCUT2D eigenvalue weighted by Crippen LogP contribution is 2.28. The molecule has 0 aliphatic rings. The van der Waals surface area contributed by atoms with Crippen molar-refractivity contribution in [2.75, 3.05) is 0 Å². The Labute approximate surface area is 117 Å². The summed E-state index contributed by atoms with van der Waals surface area (Å²) < 4.78 is 5.06. The van der Waals surface area contributed by atoms with Gasteiger partial charge in [-0.2, -0.15) is 0 Å². The Kier molecular flexibility index (Phi) is 2.80. The number of aromatic amines is 1. The average molecular weight is 291 g/mol. The lowest BCUT2D eigenvalue weighted by atomic mass is 10.1. The second-order valence-electron chi connectivity index (χ2n) is 4.09. The first-order chi connectivity index (χ1) is 9.58. The number of rotatable bonds is 3. The third-order valence-electron chi connectivity index (χ3n) is 2.93. The van der Waals surface area contributed by atoms with Gasteiger partial charge in [-0.25, -0.2) is 0 Å². The fraction of sp³-hybridized carbons (Fsp3) is 0. The smallest absolute Gasteiger partial charge is 0.293 e.